The first-order chi connectivity index (χ1) is 14.2. The monoisotopic (exact) mass is 415 g/mol. The third-order valence-corrected chi connectivity index (χ3v) is 6.01. The van der Waals surface area contributed by atoms with E-state index >= 15 is 0 Å². The van der Waals surface area contributed by atoms with Gasteiger partial charge in [-0.15, -0.1) is 0 Å². The number of nitrogens with one attached hydrogen (secondary N) is 2. The second kappa shape index (κ2) is 7.49. The summed E-state index contributed by atoms with van der Waals surface area (Å²) in [5.41, 5.74) is 1.36. The van der Waals surface area contributed by atoms with E-state index in [0.29, 0.717) is 32.5 Å². The van der Waals surface area contributed by atoms with Crippen LogP contribution in [-0.4, -0.2) is 54.1 Å². The van der Waals surface area contributed by atoms with Crippen LogP contribution < -0.4 is 15.4 Å². The summed E-state index contributed by atoms with van der Waals surface area (Å²) in [4.78, 5) is 37.4. The maximum atomic E-state index is 12.4. The molecule has 162 valence electrons. The van der Waals surface area contributed by atoms with E-state index in [0.717, 1.165) is 29.8 Å². The zero-order valence-electron chi connectivity index (χ0n) is 17.7. The molecule has 0 aliphatic carbocycles. The number of likely N-dealkylation sites (tertiary alicyclic amines) is 1. The smallest absolute Gasteiger partial charge is 0.410 e. The van der Waals surface area contributed by atoms with Crippen molar-refractivity contribution in [3.05, 3.63) is 23.8 Å². The molecule has 3 heterocycles. The van der Waals surface area contributed by atoms with E-state index in [1.807, 2.05) is 32.9 Å². The summed E-state index contributed by atoms with van der Waals surface area (Å²) >= 11 is 0. The Balaban J connectivity index is 1.41. The van der Waals surface area contributed by atoms with Crippen LogP contribution in [0, 0.1) is 0 Å². The largest absolute Gasteiger partial charge is 0.492 e. The normalized spacial score (nSPS) is 22.9. The molecule has 3 aliphatic rings. The van der Waals surface area contributed by atoms with Gasteiger partial charge in [0.05, 0.1) is 6.61 Å². The number of ether oxygens (including phenoxy) is 2. The SMILES string of the molecule is CC(C)(C)OC(=O)N1CCC2(CC1)COc1cc(N[C@@H]3CCC(=O)NC3=O)ccc12. The van der Waals surface area contributed by atoms with Gasteiger partial charge in [0.15, 0.2) is 0 Å². The minimum atomic E-state index is -0.499. The maximum absolute atomic E-state index is 12.4. The second-order valence-corrected chi connectivity index (χ2v) is 9.40. The van der Waals surface area contributed by atoms with Crippen molar-refractivity contribution in [1.82, 2.24) is 10.2 Å². The summed E-state index contributed by atoms with van der Waals surface area (Å²) in [6.45, 7) is 7.47. The van der Waals surface area contributed by atoms with Crippen molar-refractivity contribution >= 4 is 23.6 Å². The first kappa shape index (κ1) is 20.5. The lowest BCUT2D eigenvalue weighted by Crippen LogP contribution is -2.47. The van der Waals surface area contributed by atoms with Crippen LogP contribution in [0.15, 0.2) is 18.2 Å². The molecule has 0 unspecified atom stereocenters. The van der Waals surface area contributed by atoms with E-state index < -0.39 is 11.6 Å². The van der Waals surface area contributed by atoms with Gasteiger partial charge in [0, 0.05) is 42.2 Å². The molecule has 0 aromatic heterocycles. The van der Waals surface area contributed by atoms with Crippen molar-refractivity contribution in [2.45, 2.75) is 63.5 Å². The van der Waals surface area contributed by atoms with Crippen LogP contribution in [0.3, 0.4) is 0 Å². The third-order valence-electron chi connectivity index (χ3n) is 6.01. The highest BCUT2D eigenvalue weighted by Crippen LogP contribution is 2.46. The van der Waals surface area contributed by atoms with Crippen LogP contribution >= 0.6 is 0 Å². The summed E-state index contributed by atoms with van der Waals surface area (Å²) in [6, 6.07) is 5.51. The molecule has 1 atom stereocenters. The number of anilines is 1. The zero-order valence-corrected chi connectivity index (χ0v) is 17.7. The lowest BCUT2D eigenvalue weighted by molar-refractivity contribution is -0.133. The number of rotatable bonds is 2. The van der Waals surface area contributed by atoms with Gasteiger partial charge < -0.3 is 19.7 Å². The highest BCUT2D eigenvalue weighted by molar-refractivity contribution is 6.01. The van der Waals surface area contributed by atoms with Crippen LogP contribution in [0.2, 0.25) is 0 Å². The number of imide groups is 1. The molecule has 1 aromatic rings. The van der Waals surface area contributed by atoms with Gasteiger partial charge in [0.1, 0.15) is 17.4 Å². The van der Waals surface area contributed by atoms with Gasteiger partial charge in [0.2, 0.25) is 11.8 Å². The number of benzene rings is 1. The molecule has 2 N–H and O–H groups in total. The predicted molar refractivity (Wildman–Crippen MR) is 110 cm³/mol. The van der Waals surface area contributed by atoms with Crippen LogP contribution in [-0.2, 0) is 19.7 Å². The van der Waals surface area contributed by atoms with Crippen molar-refractivity contribution in [1.29, 1.82) is 0 Å². The van der Waals surface area contributed by atoms with E-state index in [2.05, 4.69) is 16.7 Å². The Hall–Kier alpha value is -2.77. The molecule has 8 nitrogen and oxygen atoms in total. The van der Waals surface area contributed by atoms with Gasteiger partial charge >= 0.3 is 6.09 Å². The first-order valence-electron chi connectivity index (χ1n) is 10.5. The summed E-state index contributed by atoms with van der Waals surface area (Å²) in [7, 11) is 0. The summed E-state index contributed by atoms with van der Waals surface area (Å²) in [5, 5.41) is 5.56. The van der Waals surface area contributed by atoms with Gasteiger partial charge in [0.25, 0.3) is 0 Å². The van der Waals surface area contributed by atoms with E-state index in [1.165, 1.54) is 0 Å². The Morgan fingerprint density at radius 1 is 1.27 bits per heavy atom. The van der Waals surface area contributed by atoms with Gasteiger partial charge in [-0.05, 0) is 46.1 Å². The standard InChI is InChI=1S/C22H29N3O5/c1-21(2,3)30-20(28)25-10-8-22(9-11-25)13-29-17-12-14(4-5-15(17)22)23-16-6-7-18(26)24-19(16)27/h4-5,12,16,23H,6-11,13H2,1-3H3,(H,24,26,27)/t16-/m1/s1. The molecule has 3 aliphatic heterocycles. The lowest BCUT2D eigenvalue weighted by atomic mass is 9.74. The molecule has 1 aromatic carbocycles. The van der Waals surface area contributed by atoms with Crippen molar-refractivity contribution < 1.29 is 23.9 Å². The fourth-order valence-corrected chi connectivity index (χ4v) is 4.35. The molecular formula is C22H29N3O5. The van der Waals surface area contributed by atoms with Crippen molar-refractivity contribution in [3.8, 4) is 5.75 Å². The number of amides is 3. The van der Waals surface area contributed by atoms with E-state index in [1.54, 1.807) is 4.90 Å². The van der Waals surface area contributed by atoms with Crippen molar-refractivity contribution in [3.63, 3.8) is 0 Å². The van der Waals surface area contributed by atoms with Crippen molar-refractivity contribution in [2.75, 3.05) is 25.0 Å². The quantitative estimate of drug-likeness (QED) is 0.721. The molecule has 0 radical (unpaired) electrons. The van der Waals surface area contributed by atoms with Crippen LogP contribution in [0.4, 0.5) is 10.5 Å². The summed E-state index contributed by atoms with van der Waals surface area (Å²) < 4.78 is 11.5. The Morgan fingerprint density at radius 2 is 2.00 bits per heavy atom. The van der Waals surface area contributed by atoms with Crippen LogP contribution in [0.1, 0.15) is 52.0 Å². The minimum absolute atomic E-state index is 0.0962. The zero-order chi connectivity index (χ0) is 21.5. The molecule has 4 rings (SSSR count). The van der Waals surface area contributed by atoms with Gasteiger partial charge in [-0.2, -0.15) is 0 Å². The summed E-state index contributed by atoms with van der Waals surface area (Å²) in [6.07, 6.45) is 2.19. The van der Waals surface area contributed by atoms with E-state index in [9.17, 15) is 14.4 Å². The average Bonchev–Trinajstić information content (AvgIpc) is 3.01. The highest BCUT2D eigenvalue weighted by Gasteiger charge is 2.44. The number of hydrogen-bond acceptors (Lipinski definition) is 6. The molecule has 0 bridgehead atoms. The number of carbonyl (C=O) groups excluding carboxylic acids is 3. The first-order valence-corrected chi connectivity index (χ1v) is 10.5. The fraction of sp³-hybridized carbons (Fsp3) is 0.591. The number of fused-ring (bicyclic) bond motifs is 2. The molecule has 2 fully saturated rings. The second-order valence-electron chi connectivity index (χ2n) is 9.40. The Morgan fingerprint density at radius 3 is 2.67 bits per heavy atom. The molecular weight excluding hydrogens is 386 g/mol. The molecule has 3 amide bonds. The van der Waals surface area contributed by atoms with Gasteiger partial charge in [-0.25, -0.2) is 4.79 Å². The van der Waals surface area contributed by atoms with Gasteiger partial charge in [-0.1, -0.05) is 6.07 Å². The van der Waals surface area contributed by atoms with E-state index in [4.69, 9.17) is 9.47 Å². The van der Waals surface area contributed by atoms with Crippen LogP contribution in [0.5, 0.6) is 5.75 Å². The Bertz CT molecular complexity index is 868. The number of nitrogens with zero attached hydrogens (tertiary/aromatic N) is 1. The maximum Gasteiger partial charge on any atom is 0.410 e. The Labute approximate surface area is 176 Å². The molecule has 0 saturated carbocycles. The number of piperidine rings is 2. The summed E-state index contributed by atoms with van der Waals surface area (Å²) in [5.74, 6) is 0.298. The van der Waals surface area contributed by atoms with E-state index in [-0.39, 0.29) is 23.3 Å². The minimum Gasteiger partial charge on any atom is -0.492 e. The van der Waals surface area contributed by atoms with Crippen LogP contribution in [0.25, 0.3) is 0 Å². The topological polar surface area (TPSA) is 97.0 Å². The number of hydrogen-bond donors (Lipinski definition) is 2. The number of carbonyl (C=O) groups is 3. The predicted octanol–water partition coefficient (Wildman–Crippen LogP) is 2.56. The van der Waals surface area contributed by atoms with Crippen molar-refractivity contribution in [2.24, 2.45) is 0 Å². The lowest BCUT2D eigenvalue weighted by Gasteiger charge is -2.38. The average molecular weight is 415 g/mol. The molecule has 30 heavy (non-hydrogen) atoms. The fourth-order valence-electron chi connectivity index (χ4n) is 4.35. The molecule has 8 heteroatoms. The van der Waals surface area contributed by atoms with Gasteiger partial charge in [-0.3, -0.25) is 14.9 Å². The molecule has 1 spiro atoms. The third kappa shape index (κ3) is 4.08. The Kier molecular flexibility index (Phi) is 5.11. The molecule has 2 saturated heterocycles. The highest BCUT2D eigenvalue weighted by atomic mass is 16.6.